The van der Waals surface area contributed by atoms with Crippen LogP contribution in [0.1, 0.15) is 36.8 Å². The highest BCUT2D eigenvalue weighted by Gasteiger charge is 2.31. The van der Waals surface area contributed by atoms with Gasteiger partial charge in [-0.15, -0.1) is 0 Å². The number of nitrogens with two attached hydrogens (primary N) is 1. The number of aromatic nitrogens is 3. The minimum absolute atomic E-state index is 0.164. The van der Waals surface area contributed by atoms with Crippen LogP contribution in [0.5, 0.6) is 5.75 Å². The molecule has 2 N–H and O–H groups in total. The second-order valence-electron chi connectivity index (χ2n) is 7.00. The van der Waals surface area contributed by atoms with Crippen molar-refractivity contribution in [2.45, 2.75) is 37.8 Å². The minimum atomic E-state index is -4.46. The van der Waals surface area contributed by atoms with Crippen molar-refractivity contribution in [2.24, 2.45) is 5.73 Å². The van der Waals surface area contributed by atoms with Crippen LogP contribution in [0.4, 0.5) is 8.78 Å². The molecular formula is C20H22F2N4O3S. The van der Waals surface area contributed by atoms with Gasteiger partial charge in [0.15, 0.2) is 5.03 Å². The summed E-state index contributed by atoms with van der Waals surface area (Å²) in [6.07, 6.45) is 3.53. The van der Waals surface area contributed by atoms with E-state index in [0.717, 1.165) is 17.7 Å². The molecule has 0 saturated heterocycles. The van der Waals surface area contributed by atoms with Crippen molar-refractivity contribution in [1.29, 1.82) is 0 Å². The maximum Gasteiger partial charge on any atom is 0.357 e. The lowest BCUT2D eigenvalue weighted by atomic mass is 10.1. The number of pyridine rings is 1. The highest BCUT2D eigenvalue weighted by molar-refractivity contribution is 7.87. The average Bonchev–Trinajstić information content (AvgIpc) is 3.01. The van der Waals surface area contributed by atoms with E-state index in [-0.39, 0.29) is 24.0 Å². The van der Waals surface area contributed by atoms with Crippen molar-refractivity contribution >= 4 is 10.1 Å². The van der Waals surface area contributed by atoms with Gasteiger partial charge in [-0.05, 0) is 30.2 Å². The van der Waals surface area contributed by atoms with Crippen molar-refractivity contribution < 1.29 is 21.4 Å². The van der Waals surface area contributed by atoms with Gasteiger partial charge in [0.25, 0.3) is 0 Å². The second kappa shape index (κ2) is 8.88. The summed E-state index contributed by atoms with van der Waals surface area (Å²) in [5.41, 5.74) is 6.79. The monoisotopic (exact) mass is 436 g/mol. The molecule has 0 amide bonds. The van der Waals surface area contributed by atoms with E-state index in [1.54, 1.807) is 38.4 Å². The molecule has 0 fully saturated rings. The summed E-state index contributed by atoms with van der Waals surface area (Å²) < 4.78 is 60.1. The quantitative estimate of drug-likeness (QED) is 0.545. The fourth-order valence-corrected chi connectivity index (χ4v) is 4.44. The Morgan fingerprint density at radius 3 is 2.33 bits per heavy atom. The number of benzene rings is 1. The van der Waals surface area contributed by atoms with Gasteiger partial charge < -0.3 is 14.5 Å². The Balaban J connectivity index is 2.14. The molecule has 3 aromatic rings. The number of hydrogen-bond donors (Lipinski definition) is 1. The molecule has 0 unspecified atom stereocenters. The Hall–Kier alpha value is -2.85. The van der Waals surface area contributed by atoms with Crippen LogP contribution >= 0.6 is 0 Å². The van der Waals surface area contributed by atoms with Crippen molar-refractivity contribution in [3.8, 4) is 5.75 Å². The smallest absolute Gasteiger partial charge is 0.357 e. The van der Waals surface area contributed by atoms with E-state index in [0.29, 0.717) is 24.0 Å². The first-order valence-electron chi connectivity index (χ1n) is 9.30. The summed E-state index contributed by atoms with van der Waals surface area (Å²) in [5, 5.41) is -0.164. The summed E-state index contributed by atoms with van der Waals surface area (Å²) >= 11 is 0. The molecule has 0 aliphatic carbocycles. The minimum Gasteiger partial charge on any atom is -0.378 e. The van der Waals surface area contributed by atoms with Gasteiger partial charge in [0.2, 0.25) is 0 Å². The summed E-state index contributed by atoms with van der Waals surface area (Å²) in [4.78, 5) is 8.46. The molecule has 1 aromatic carbocycles. The van der Waals surface area contributed by atoms with Crippen LogP contribution in [-0.4, -0.2) is 29.5 Å². The fourth-order valence-electron chi connectivity index (χ4n) is 3.04. The molecule has 0 aliphatic rings. The van der Waals surface area contributed by atoms with E-state index in [4.69, 9.17) is 9.92 Å². The van der Waals surface area contributed by atoms with E-state index >= 15 is 0 Å². The standard InChI is InChI=1S/C20H22F2N4O3S/c1-13(2)19-20(30(27,28)29-17-10-15(21)9-16(22)11-17)26(18(25-19)3-6-23)12-14-4-7-24-8-5-14/h4-5,7-11,13H,3,6,12,23H2,1-2H3. The van der Waals surface area contributed by atoms with Crippen LogP contribution in [0.15, 0.2) is 47.8 Å². The average molecular weight is 436 g/mol. The first-order chi connectivity index (χ1) is 14.2. The highest BCUT2D eigenvalue weighted by atomic mass is 32.2. The molecule has 30 heavy (non-hydrogen) atoms. The third kappa shape index (κ3) is 4.82. The number of nitrogens with zero attached hydrogens (tertiary/aromatic N) is 3. The molecule has 0 saturated carbocycles. The van der Waals surface area contributed by atoms with Crippen molar-refractivity contribution in [3.05, 3.63) is 71.4 Å². The zero-order chi connectivity index (χ0) is 21.9. The fraction of sp³-hybridized carbons (Fsp3) is 0.300. The molecule has 0 radical (unpaired) electrons. The molecule has 2 aromatic heterocycles. The van der Waals surface area contributed by atoms with Crippen LogP contribution in [0.3, 0.4) is 0 Å². The summed E-state index contributed by atoms with van der Waals surface area (Å²) in [5.74, 6) is -2.13. The molecule has 2 heterocycles. The first kappa shape index (κ1) is 21.8. The van der Waals surface area contributed by atoms with E-state index in [2.05, 4.69) is 9.97 Å². The van der Waals surface area contributed by atoms with Crippen molar-refractivity contribution in [3.63, 3.8) is 0 Å². The number of imidazole rings is 1. The molecule has 0 bridgehead atoms. The van der Waals surface area contributed by atoms with Crippen molar-refractivity contribution in [1.82, 2.24) is 14.5 Å². The number of hydrogen-bond acceptors (Lipinski definition) is 6. The van der Waals surface area contributed by atoms with Crippen LogP contribution < -0.4 is 9.92 Å². The zero-order valence-corrected chi connectivity index (χ0v) is 17.4. The topological polar surface area (TPSA) is 100 Å². The molecule has 3 rings (SSSR count). The normalized spacial score (nSPS) is 11.8. The van der Waals surface area contributed by atoms with Crippen molar-refractivity contribution in [2.75, 3.05) is 6.54 Å². The summed E-state index contributed by atoms with van der Waals surface area (Å²) in [6.45, 7) is 4.05. The Morgan fingerprint density at radius 2 is 1.77 bits per heavy atom. The Morgan fingerprint density at radius 1 is 1.13 bits per heavy atom. The summed E-state index contributed by atoms with van der Waals surface area (Å²) in [7, 11) is -4.46. The van der Waals surface area contributed by atoms with Gasteiger partial charge in [-0.25, -0.2) is 13.8 Å². The molecule has 0 aliphatic heterocycles. The third-order valence-corrected chi connectivity index (χ3v) is 5.62. The van der Waals surface area contributed by atoms with Gasteiger partial charge in [-0.1, -0.05) is 13.8 Å². The van der Waals surface area contributed by atoms with E-state index in [9.17, 15) is 17.2 Å². The Labute approximate surface area is 173 Å². The Kier molecular flexibility index (Phi) is 6.47. The first-order valence-corrected chi connectivity index (χ1v) is 10.7. The van der Waals surface area contributed by atoms with Crippen LogP contribution in [-0.2, 0) is 23.1 Å². The van der Waals surface area contributed by atoms with Crippen LogP contribution in [0.25, 0.3) is 0 Å². The molecule has 0 atom stereocenters. The van der Waals surface area contributed by atoms with E-state index in [1.165, 1.54) is 4.57 Å². The highest BCUT2D eigenvalue weighted by Crippen LogP contribution is 2.29. The molecular weight excluding hydrogens is 414 g/mol. The molecule has 7 nitrogen and oxygen atoms in total. The summed E-state index contributed by atoms with van der Waals surface area (Å²) in [6, 6.07) is 5.74. The zero-order valence-electron chi connectivity index (χ0n) is 16.5. The van der Waals surface area contributed by atoms with Gasteiger partial charge in [0.05, 0.1) is 12.2 Å². The van der Waals surface area contributed by atoms with Gasteiger partial charge in [-0.3, -0.25) is 4.98 Å². The lowest BCUT2D eigenvalue weighted by Crippen LogP contribution is -2.20. The maximum absolute atomic E-state index is 13.5. The maximum atomic E-state index is 13.5. The van der Waals surface area contributed by atoms with Gasteiger partial charge in [0.1, 0.15) is 23.2 Å². The SMILES string of the molecule is CC(C)c1nc(CCN)n(Cc2ccncc2)c1S(=O)(=O)Oc1cc(F)cc(F)c1. The predicted molar refractivity (Wildman–Crippen MR) is 107 cm³/mol. The lowest BCUT2D eigenvalue weighted by molar-refractivity contribution is 0.465. The second-order valence-corrected chi connectivity index (χ2v) is 8.46. The third-order valence-electron chi connectivity index (χ3n) is 4.31. The molecule has 10 heteroatoms. The van der Waals surface area contributed by atoms with E-state index in [1.807, 2.05) is 0 Å². The Bertz CT molecular complexity index is 1110. The largest absolute Gasteiger partial charge is 0.378 e. The molecule has 160 valence electrons. The lowest BCUT2D eigenvalue weighted by Gasteiger charge is -2.14. The van der Waals surface area contributed by atoms with Gasteiger partial charge >= 0.3 is 10.1 Å². The molecule has 0 spiro atoms. The van der Waals surface area contributed by atoms with Gasteiger partial charge in [-0.2, -0.15) is 8.42 Å². The number of halogens is 2. The van der Waals surface area contributed by atoms with E-state index < -0.39 is 27.5 Å². The van der Waals surface area contributed by atoms with Crippen LogP contribution in [0, 0.1) is 11.6 Å². The number of rotatable bonds is 8. The van der Waals surface area contributed by atoms with Gasteiger partial charge in [0, 0.05) is 37.0 Å². The van der Waals surface area contributed by atoms with Crippen LogP contribution in [0.2, 0.25) is 0 Å². The predicted octanol–water partition coefficient (Wildman–Crippen LogP) is 3.00.